The predicted octanol–water partition coefficient (Wildman–Crippen LogP) is 3.40. The Morgan fingerprint density at radius 2 is 1.79 bits per heavy atom. The van der Waals surface area contributed by atoms with E-state index in [-0.39, 0.29) is 18.0 Å². The van der Waals surface area contributed by atoms with Crippen LogP contribution in [0, 0.1) is 5.82 Å². The topological polar surface area (TPSA) is 52.0 Å². The van der Waals surface area contributed by atoms with Crippen LogP contribution >= 0.6 is 12.4 Å². The zero-order chi connectivity index (χ0) is 13.8. The summed E-state index contributed by atoms with van der Waals surface area (Å²) in [5, 5.41) is 0. The van der Waals surface area contributed by atoms with Gasteiger partial charge in [0.15, 0.2) is 0 Å². The Morgan fingerprint density at radius 3 is 2.32 bits per heavy atom. The largest absolute Gasteiger partial charge is 0.416 e. The average Bonchev–Trinajstić information content (AvgIpc) is 2.28. The van der Waals surface area contributed by atoms with Gasteiger partial charge in [-0.05, 0) is 37.6 Å². The molecule has 0 saturated carbocycles. The van der Waals surface area contributed by atoms with Crippen LogP contribution in [-0.4, -0.2) is 6.54 Å². The molecule has 1 aromatic rings. The van der Waals surface area contributed by atoms with Crippen molar-refractivity contribution in [3.05, 3.63) is 35.1 Å². The Bertz CT molecular complexity index is 396. The summed E-state index contributed by atoms with van der Waals surface area (Å²) in [6.45, 7) is 0.484. The summed E-state index contributed by atoms with van der Waals surface area (Å²) >= 11 is 0. The maximum absolute atomic E-state index is 13.4. The van der Waals surface area contributed by atoms with E-state index in [0.29, 0.717) is 31.9 Å². The highest BCUT2D eigenvalue weighted by Crippen LogP contribution is 2.32. The minimum Gasteiger partial charge on any atom is -0.330 e. The van der Waals surface area contributed by atoms with E-state index in [2.05, 4.69) is 0 Å². The van der Waals surface area contributed by atoms with Crippen molar-refractivity contribution < 1.29 is 17.6 Å². The van der Waals surface area contributed by atoms with Crippen molar-refractivity contribution in [3.63, 3.8) is 0 Å². The van der Waals surface area contributed by atoms with Gasteiger partial charge < -0.3 is 11.5 Å². The standard InChI is InChI=1S/C12H16F4N2.ClH/c13-10-5-4-8(12(14,15)16)7-9(10)11(18)3-1-2-6-17;/h4-5,7,11H,1-3,6,17-18H2;1H/t11-;/m1./s1. The smallest absolute Gasteiger partial charge is 0.330 e. The maximum Gasteiger partial charge on any atom is 0.416 e. The molecule has 110 valence electrons. The number of halogens is 5. The fourth-order valence-electron chi connectivity index (χ4n) is 1.67. The molecule has 0 saturated heterocycles. The molecule has 0 aromatic heterocycles. The Balaban J connectivity index is 0.00000324. The highest BCUT2D eigenvalue weighted by molar-refractivity contribution is 5.85. The van der Waals surface area contributed by atoms with Gasteiger partial charge in [-0.15, -0.1) is 12.4 Å². The summed E-state index contributed by atoms with van der Waals surface area (Å²) in [5.74, 6) is -0.705. The van der Waals surface area contributed by atoms with Crippen LogP contribution in [0.3, 0.4) is 0 Å². The van der Waals surface area contributed by atoms with E-state index in [9.17, 15) is 17.6 Å². The normalized spacial score (nSPS) is 12.9. The first kappa shape index (κ1) is 18.1. The van der Waals surface area contributed by atoms with Gasteiger partial charge in [-0.3, -0.25) is 0 Å². The molecule has 0 fully saturated rings. The number of unbranched alkanes of at least 4 members (excludes halogenated alkanes) is 1. The van der Waals surface area contributed by atoms with Crippen molar-refractivity contribution in [1.82, 2.24) is 0 Å². The third-order valence-electron chi connectivity index (χ3n) is 2.69. The molecular formula is C12H17ClF4N2. The molecule has 0 radical (unpaired) electrons. The highest BCUT2D eigenvalue weighted by Gasteiger charge is 2.31. The van der Waals surface area contributed by atoms with E-state index in [4.69, 9.17) is 11.5 Å². The van der Waals surface area contributed by atoms with Gasteiger partial charge >= 0.3 is 6.18 Å². The van der Waals surface area contributed by atoms with Gasteiger partial charge in [-0.1, -0.05) is 6.42 Å². The molecule has 0 heterocycles. The van der Waals surface area contributed by atoms with Gasteiger partial charge in [0.2, 0.25) is 0 Å². The fourth-order valence-corrected chi connectivity index (χ4v) is 1.67. The van der Waals surface area contributed by atoms with Crippen LogP contribution in [0.15, 0.2) is 18.2 Å². The lowest BCUT2D eigenvalue weighted by Gasteiger charge is -2.15. The van der Waals surface area contributed by atoms with Crippen molar-refractivity contribution in [2.24, 2.45) is 11.5 Å². The molecule has 0 aliphatic carbocycles. The minimum atomic E-state index is -4.49. The highest BCUT2D eigenvalue weighted by atomic mass is 35.5. The molecule has 0 unspecified atom stereocenters. The first-order chi connectivity index (χ1) is 8.36. The van der Waals surface area contributed by atoms with Crippen molar-refractivity contribution in [2.45, 2.75) is 31.5 Å². The third-order valence-corrected chi connectivity index (χ3v) is 2.69. The van der Waals surface area contributed by atoms with Gasteiger partial charge in [-0.2, -0.15) is 13.2 Å². The lowest BCUT2D eigenvalue weighted by molar-refractivity contribution is -0.137. The fraction of sp³-hybridized carbons (Fsp3) is 0.500. The lowest BCUT2D eigenvalue weighted by Crippen LogP contribution is -2.15. The SMILES string of the molecule is Cl.NCCCC[C@@H](N)c1cc(C(F)(F)F)ccc1F. The Labute approximate surface area is 115 Å². The summed E-state index contributed by atoms with van der Waals surface area (Å²) < 4.78 is 50.9. The number of rotatable bonds is 5. The van der Waals surface area contributed by atoms with Gasteiger partial charge in [-0.25, -0.2) is 4.39 Å². The zero-order valence-electron chi connectivity index (χ0n) is 10.2. The van der Waals surface area contributed by atoms with Crippen LogP contribution in [0.1, 0.15) is 36.4 Å². The first-order valence-electron chi connectivity index (χ1n) is 5.68. The van der Waals surface area contributed by atoms with E-state index in [0.717, 1.165) is 12.1 Å². The number of hydrogen-bond donors (Lipinski definition) is 2. The molecule has 2 nitrogen and oxygen atoms in total. The van der Waals surface area contributed by atoms with E-state index < -0.39 is 23.6 Å². The van der Waals surface area contributed by atoms with E-state index in [1.54, 1.807) is 0 Å². The summed E-state index contributed by atoms with van der Waals surface area (Å²) in [7, 11) is 0. The van der Waals surface area contributed by atoms with Crippen LogP contribution < -0.4 is 11.5 Å². The molecule has 0 amide bonds. The van der Waals surface area contributed by atoms with Crippen LogP contribution in [0.2, 0.25) is 0 Å². The van der Waals surface area contributed by atoms with Gasteiger partial charge in [0.05, 0.1) is 5.56 Å². The number of alkyl halides is 3. The number of benzene rings is 1. The number of nitrogens with two attached hydrogens (primary N) is 2. The van der Waals surface area contributed by atoms with E-state index in [1.807, 2.05) is 0 Å². The zero-order valence-corrected chi connectivity index (χ0v) is 11.0. The van der Waals surface area contributed by atoms with Crippen LogP contribution in [-0.2, 0) is 6.18 Å². The van der Waals surface area contributed by atoms with Crippen molar-refractivity contribution in [3.8, 4) is 0 Å². The summed E-state index contributed by atoms with van der Waals surface area (Å²) in [6, 6.07) is 1.56. The molecule has 0 bridgehead atoms. The molecule has 19 heavy (non-hydrogen) atoms. The quantitative estimate of drug-likeness (QED) is 0.647. The molecule has 7 heteroatoms. The molecular weight excluding hydrogens is 284 g/mol. The molecule has 1 atom stereocenters. The molecule has 0 aliphatic heterocycles. The molecule has 1 aromatic carbocycles. The van der Waals surface area contributed by atoms with Crippen molar-refractivity contribution in [2.75, 3.05) is 6.54 Å². The second-order valence-corrected chi connectivity index (χ2v) is 4.13. The molecule has 1 rings (SSSR count). The molecule has 0 aliphatic rings. The van der Waals surface area contributed by atoms with Crippen molar-refractivity contribution in [1.29, 1.82) is 0 Å². The van der Waals surface area contributed by atoms with Gasteiger partial charge in [0, 0.05) is 11.6 Å². The van der Waals surface area contributed by atoms with Crippen LogP contribution in [0.4, 0.5) is 17.6 Å². The monoisotopic (exact) mass is 300 g/mol. The minimum absolute atomic E-state index is 0. The van der Waals surface area contributed by atoms with Crippen molar-refractivity contribution >= 4 is 12.4 Å². The number of hydrogen-bond acceptors (Lipinski definition) is 2. The van der Waals surface area contributed by atoms with Crippen LogP contribution in [0.25, 0.3) is 0 Å². The summed E-state index contributed by atoms with van der Waals surface area (Å²) in [4.78, 5) is 0. The molecule has 4 N–H and O–H groups in total. The molecule has 0 spiro atoms. The predicted molar refractivity (Wildman–Crippen MR) is 68.5 cm³/mol. The van der Waals surface area contributed by atoms with Gasteiger partial charge in [0.25, 0.3) is 0 Å². The van der Waals surface area contributed by atoms with E-state index >= 15 is 0 Å². The Hall–Kier alpha value is -0.850. The first-order valence-corrected chi connectivity index (χ1v) is 5.68. The second-order valence-electron chi connectivity index (χ2n) is 4.13. The third kappa shape index (κ3) is 5.34. The summed E-state index contributed by atoms with van der Waals surface area (Å²) in [5.41, 5.74) is 10.0. The maximum atomic E-state index is 13.4. The average molecular weight is 301 g/mol. The van der Waals surface area contributed by atoms with Gasteiger partial charge in [0.1, 0.15) is 5.82 Å². The second kappa shape index (κ2) is 7.67. The Morgan fingerprint density at radius 1 is 1.16 bits per heavy atom. The van der Waals surface area contributed by atoms with E-state index in [1.165, 1.54) is 0 Å². The van der Waals surface area contributed by atoms with Crippen LogP contribution in [0.5, 0.6) is 0 Å². The summed E-state index contributed by atoms with van der Waals surface area (Å²) in [6.07, 6.45) is -2.70. The lowest BCUT2D eigenvalue weighted by atomic mass is 9.99. The Kier molecular flexibility index (Phi) is 7.33.